The van der Waals surface area contributed by atoms with E-state index < -0.39 is 0 Å². The fourth-order valence-electron chi connectivity index (χ4n) is 5.04. The second-order valence-corrected chi connectivity index (χ2v) is 8.19. The molecule has 6 rings (SSSR count). The number of benzene rings is 4. The zero-order chi connectivity index (χ0) is 21.5. The van der Waals surface area contributed by atoms with E-state index in [0.29, 0.717) is 5.56 Å². The standard InChI is InChI=1S/C31H19N/c32-20-21-9-7-12-23(19-21)30-26-14-3-5-16-28(26)31(29-17-6-4-15-27(29)30)25-18-8-11-22-10-1-2-13-24(22)25/h1,3-6,8-11,14-19H,2,13H2. The summed E-state index contributed by atoms with van der Waals surface area (Å²) in [6.07, 6.45) is 6.64. The molecule has 0 saturated heterocycles. The van der Waals surface area contributed by atoms with Gasteiger partial charge in [0.2, 0.25) is 0 Å². The van der Waals surface area contributed by atoms with Crippen molar-refractivity contribution in [2.75, 3.05) is 0 Å². The Morgan fingerprint density at radius 1 is 0.781 bits per heavy atom. The predicted octanol–water partition coefficient (Wildman–Crippen LogP) is 7.76. The molecule has 32 heavy (non-hydrogen) atoms. The third-order valence-electron chi connectivity index (χ3n) is 6.40. The topological polar surface area (TPSA) is 23.8 Å². The van der Waals surface area contributed by atoms with Crippen molar-refractivity contribution in [3.05, 3.63) is 114 Å². The lowest BCUT2D eigenvalue weighted by molar-refractivity contribution is 0.988. The summed E-state index contributed by atoms with van der Waals surface area (Å²) in [6, 6.07) is 36.0. The van der Waals surface area contributed by atoms with Crippen LogP contribution in [0.2, 0.25) is 0 Å². The molecule has 0 bridgehead atoms. The van der Waals surface area contributed by atoms with E-state index in [-0.39, 0.29) is 0 Å². The van der Waals surface area contributed by atoms with Crippen LogP contribution in [-0.4, -0.2) is 0 Å². The molecule has 0 spiro atoms. The van der Waals surface area contributed by atoms with Crippen molar-refractivity contribution in [2.24, 2.45) is 0 Å². The fraction of sp³-hybridized carbons (Fsp3) is 0.0645. The van der Waals surface area contributed by atoms with Gasteiger partial charge in [-0.3, -0.25) is 0 Å². The van der Waals surface area contributed by atoms with Crippen LogP contribution in [0.5, 0.6) is 0 Å². The minimum absolute atomic E-state index is 0.597. The van der Waals surface area contributed by atoms with Gasteiger partial charge >= 0.3 is 0 Å². The molecule has 0 aliphatic heterocycles. The molecule has 0 unspecified atom stereocenters. The monoisotopic (exact) mass is 405 g/mol. The highest BCUT2D eigenvalue weighted by Gasteiger charge is 2.19. The highest BCUT2D eigenvalue weighted by atomic mass is 14.2. The Morgan fingerprint density at radius 3 is 2.16 bits per heavy atom. The van der Waals surface area contributed by atoms with E-state index in [1.807, 2.05) is 6.07 Å². The van der Waals surface area contributed by atoms with Gasteiger partial charge < -0.3 is 0 Å². The van der Waals surface area contributed by atoms with Gasteiger partial charge in [-0.2, -0.15) is 5.26 Å². The summed E-state index contributed by atoms with van der Waals surface area (Å²) >= 11 is 0. The van der Waals surface area contributed by atoms with Crippen molar-refractivity contribution in [3.63, 3.8) is 0 Å². The van der Waals surface area contributed by atoms with E-state index in [1.165, 1.54) is 43.8 Å². The number of hydrogen-bond donors (Lipinski definition) is 0. The van der Waals surface area contributed by atoms with Gasteiger partial charge in [0.25, 0.3) is 0 Å². The number of allylic oxidation sites excluding steroid dienone is 1. The van der Waals surface area contributed by atoms with Gasteiger partial charge in [-0.1, -0.05) is 91.0 Å². The van der Waals surface area contributed by atoms with Crippen LogP contribution < -0.4 is 0 Å². The summed E-state index contributed by atoms with van der Waals surface area (Å²) in [5.41, 5.74) is 7.94. The summed E-state index contributed by atoms with van der Waals surface area (Å²) in [7, 11) is 0. The predicted molar refractivity (Wildman–Crippen MR) is 132 cm³/mol. The number of nitriles is 1. The van der Waals surface area contributed by atoms with Crippen molar-refractivity contribution in [1.82, 2.24) is 0 Å². The summed E-state index contributed by atoms with van der Waals surface area (Å²) in [5, 5.41) is 14.2. The summed E-state index contributed by atoms with van der Waals surface area (Å²) in [5.74, 6) is 0. The molecule has 0 aromatic heterocycles. The maximum atomic E-state index is 9.45. The summed E-state index contributed by atoms with van der Waals surface area (Å²) in [4.78, 5) is 0. The minimum atomic E-state index is 0.597. The fourth-order valence-corrected chi connectivity index (χ4v) is 5.04. The van der Waals surface area contributed by atoms with Gasteiger partial charge in [0.15, 0.2) is 0 Å². The van der Waals surface area contributed by atoms with Gasteiger partial charge in [-0.15, -0.1) is 0 Å². The lowest BCUT2D eigenvalue weighted by Gasteiger charge is -2.21. The molecule has 5 aromatic rings. The number of rotatable bonds is 2. The van der Waals surface area contributed by atoms with Crippen LogP contribution in [0.1, 0.15) is 23.1 Å². The maximum absolute atomic E-state index is 9.45. The average molecular weight is 406 g/mol. The molecule has 1 aliphatic rings. The van der Waals surface area contributed by atoms with E-state index in [4.69, 9.17) is 0 Å². The van der Waals surface area contributed by atoms with Crippen molar-refractivity contribution < 1.29 is 0 Å². The molecule has 0 saturated carbocycles. The molecule has 0 atom stereocenters. The molecule has 1 aliphatic carbocycles. The largest absolute Gasteiger partial charge is 0.192 e. The van der Waals surface area contributed by atoms with Crippen molar-refractivity contribution in [1.29, 1.82) is 5.26 Å². The van der Waals surface area contributed by atoms with Crippen LogP contribution in [0, 0.1) is 23.5 Å². The van der Waals surface area contributed by atoms with Crippen LogP contribution in [0.15, 0.2) is 84.9 Å². The maximum Gasteiger partial charge on any atom is 0.0998 e. The Kier molecular flexibility index (Phi) is 4.28. The normalized spacial score (nSPS) is 12.3. The van der Waals surface area contributed by atoms with Crippen molar-refractivity contribution in [3.8, 4) is 28.3 Å². The van der Waals surface area contributed by atoms with Crippen LogP contribution in [-0.2, 0) is 6.42 Å². The highest BCUT2D eigenvalue weighted by Crippen LogP contribution is 2.45. The Labute approximate surface area is 187 Å². The molecule has 1 heteroatoms. The molecular weight excluding hydrogens is 386 g/mol. The zero-order valence-corrected chi connectivity index (χ0v) is 17.5. The van der Waals surface area contributed by atoms with E-state index in [0.717, 1.165) is 24.0 Å². The first-order valence-corrected chi connectivity index (χ1v) is 10.9. The first-order valence-electron chi connectivity index (χ1n) is 10.9. The van der Waals surface area contributed by atoms with Crippen LogP contribution >= 0.6 is 0 Å². The second-order valence-electron chi connectivity index (χ2n) is 8.19. The number of hydrogen-bond acceptors (Lipinski definition) is 1. The number of nitrogens with zero attached hydrogens (tertiary/aromatic N) is 1. The molecule has 148 valence electrons. The van der Waals surface area contributed by atoms with Gasteiger partial charge in [0, 0.05) is 17.2 Å². The summed E-state index contributed by atoms with van der Waals surface area (Å²) in [6.45, 7) is 0. The zero-order valence-electron chi connectivity index (χ0n) is 17.5. The Hall–Kier alpha value is -4.33. The second kappa shape index (κ2) is 7.42. The first-order chi connectivity index (χ1) is 15.8. The van der Waals surface area contributed by atoms with E-state index in [2.05, 4.69) is 97.1 Å². The Balaban J connectivity index is 1.79. The van der Waals surface area contributed by atoms with Crippen molar-refractivity contribution >= 4 is 27.6 Å². The van der Waals surface area contributed by atoms with Gasteiger partial charge in [0.05, 0.1) is 11.6 Å². The molecule has 1 nitrogen and oxygen atoms in total. The van der Waals surface area contributed by atoms with Crippen LogP contribution in [0.4, 0.5) is 0 Å². The van der Waals surface area contributed by atoms with Crippen LogP contribution in [0.3, 0.4) is 0 Å². The van der Waals surface area contributed by atoms with E-state index >= 15 is 0 Å². The lowest BCUT2D eigenvalue weighted by atomic mass is 9.82. The summed E-state index contributed by atoms with van der Waals surface area (Å²) < 4.78 is 0. The highest BCUT2D eigenvalue weighted by molar-refractivity contribution is 6.21. The molecule has 0 N–H and O–H groups in total. The lowest BCUT2D eigenvalue weighted by Crippen LogP contribution is -1.99. The molecule has 0 radical (unpaired) electrons. The molecule has 0 fully saturated rings. The van der Waals surface area contributed by atoms with Crippen LogP contribution in [0.25, 0.3) is 49.9 Å². The minimum Gasteiger partial charge on any atom is -0.192 e. The third-order valence-corrected chi connectivity index (χ3v) is 6.40. The van der Waals surface area contributed by atoms with Gasteiger partial charge in [0.1, 0.15) is 0 Å². The SMILES string of the molecule is N#Cc1cc#cc(-c2c3ccccc3c(-c3cccc4c3CCC=C4)c3ccccc23)c1. The quantitative estimate of drug-likeness (QED) is 0.275. The molecule has 0 amide bonds. The van der Waals surface area contributed by atoms with E-state index in [9.17, 15) is 5.26 Å². The molecular formula is C31H19N. The van der Waals surface area contributed by atoms with Gasteiger partial charge in [-0.05, 0) is 62.7 Å². The molecule has 5 aromatic carbocycles. The smallest absolute Gasteiger partial charge is 0.0998 e. The Bertz CT molecular complexity index is 1520. The molecule has 0 heterocycles. The van der Waals surface area contributed by atoms with Crippen molar-refractivity contribution in [2.45, 2.75) is 12.8 Å². The first kappa shape index (κ1) is 18.4. The third kappa shape index (κ3) is 2.80. The van der Waals surface area contributed by atoms with Gasteiger partial charge in [-0.25, -0.2) is 0 Å². The number of fused-ring (bicyclic) bond motifs is 3. The van der Waals surface area contributed by atoms with E-state index in [1.54, 1.807) is 6.07 Å². The average Bonchev–Trinajstić information content (AvgIpc) is 2.87. The Morgan fingerprint density at radius 2 is 1.47 bits per heavy atom.